The van der Waals surface area contributed by atoms with Gasteiger partial charge in [0.05, 0.1) is 52.9 Å². The van der Waals surface area contributed by atoms with E-state index in [0.717, 1.165) is 17.0 Å². The zero-order valence-electron chi connectivity index (χ0n) is 17.6. The van der Waals surface area contributed by atoms with Gasteiger partial charge in [-0.1, -0.05) is 19.2 Å². The van der Waals surface area contributed by atoms with Gasteiger partial charge in [0, 0.05) is 25.0 Å². The van der Waals surface area contributed by atoms with Crippen LogP contribution in [0.5, 0.6) is 0 Å². The van der Waals surface area contributed by atoms with E-state index in [1.807, 2.05) is 24.3 Å². The SMILES string of the molecule is C=C(NCc1ccc2oc(=O)[nH]c2c1)c1cc(C(=C)NCc2cnccn2)n2nccc2n1. The predicted molar refractivity (Wildman–Crippen MR) is 124 cm³/mol. The molecule has 10 heteroatoms. The molecule has 0 aliphatic carbocycles. The van der Waals surface area contributed by atoms with Crippen molar-refractivity contribution in [2.45, 2.75) is 13.1 Å². The lowest BCUT2D eigenvalue weighted by atomic mass is 10.2. The maximum atomic E-state index is 11.4. The smallest absolute Gasteiger partial charge is 0.408 e. The van der Waals surface area contributed by atoms with Crippen molar-refractivity contribution in [1.29, 1.82) is 0 Å². The van der Waals surface area contributed by atoms with Crippen LogP contribution < -0.4 is 16.4 Å². The van der Waals surface area contributed by atoms with Crippen LogP contribution in [0.25, 0.3) is 28.1 Å². The topological polar surface area (TPSA) is 126 Å². The third-order valence-corrected chi connectivity index (χ3v) is 5.07. The number of aromatic nitrogens is 6. The van der Waals surface area contributed by atoms with Crippen molar-refractivity contribution in [3.8, 4) is 0 Å². The number of benzene rings is 1. The van der Waals surface area contributed by atoms with Crippen molar-refractivity contribution >= 4 is 28.1 Å². The number of hydrogen-bond donors (Lipinski definition) is 3. The number of nitrogens with one attached hydrogen (secondary N) is 3. The molecular weight excluding hydrogens is 420 g/mol. The molecule has 0 aliphatic rings. The van der Waals surface area contributed by atoms with Crippen molar-refractivity contribution in [2.75, 3.05) is 0 Å². The van der Waals surface area contributed by atoms with Gasteiger partial charge in [-0.15, -0.1) is 0 Å². The van der Waals surface area contributed by atoms with E-state index in [-0.39, 0.29) is 0 Å². The first-order valence-electron chi connectivity index (χ1n) is 10.1. The molecule has 5 rings (SSSR count). The van der Waals surface area contributed by atoms with Crippen LogP contribution >= 0.6 is 0 Å². The Hall–Kier alpha value is -4.73. The van der Waals surface area contributed by atoms with Crippen LogP contribution in [0.3, 0.4) is 0 Å². The second-order valence-electron chi connectivity index (χ2n) is 7.33. The first kappa shape index (κ1) is 20.2. The van der Waals surface area contributed by atoms with Gasteiger partial charge in [0.2, 0.25) is 0 Å². The molecule has 10 nitrogen and oxygen atoms in total. The van der Waals surface area contributed by atoms with Gasteiger partial charge in [-0.05, 0) is 23.8 Å². The lowest BCUT2D eigenvalue weighted by molar-refractivity contribution is 0.555. The number of fused-ring (bicyclic) bond motifs is 2. The molecule has 0 unspecified atom stereocenters. The third kappa shape index (κ3) is 4.22. The van der Waals surface area contributed by atoms with Crippen LogP contribution in [-0.2, 0) is 13.1 Å². The Morgan fingerprint density at radius 1 is 1.06 bits per heavy atom. The number of aromatic amines is 1. The summed E-state index contributed by atoms with van der Waals surface area (Å²) in [6.45, 7) is 9.27. The summed E-state index contributed by atoms with van der Waals surface area (Å²) in [5, 5.41) is 10.9. The molecule has 0 bridgehead atoms. The maximum absolute atomic E-state index is 11.4. The Balaban J connectivity index is 1.34. The van der Waals surface area contributed by atoms with Gasteiger partial charge in [0.1, 0.15) is 0 Å². The predicted octanol–water partition coefficient (Wildman–Crippen LogP) is 2.47. The fourth-order valence-electron chi connectivity index (χ4n) is 3.40. The highest BCUT2D eigenvalue weighted by Crippen LogP contribution is 2.18. The Bertz CT molecular complexity index is 1530. The molecule has 0 saturated carbocycles. The molecule has 0 amide bonds. The van der Waals surface area contributed by atoms with Crippen molar-refractivity contribution < 1.29 is 4.42 Å². The van der Waals surface area contributed by atoms with E-state index < -0.39 is 5.76 Å². The zero-order valence-corrected chi connectivity index (χ0v) is 17.6. The monoisotopic (exact) mass is 440 g/mol. The van der Waals surface area contributed by atoms with Crippen LogP contribution in [-0.4, -0.2) is 29.5 Å². The number of rotatable bonds is 8. The minimum Gasteiger partial charge on any atom is -0.408 e. The van der Waals surface area contributed by atoms with Crippen LogP contribution in [0.1, 0.15) is 22.6 Å². The van der Waals surface area contributed by atoms with E-state index in [0.29, 0.717) is 46.9 Å². The summed E-state index contributed by atoms with van der Waals surface area (Å²) in [5.41, 5.74) is 6.33. The molecule has 3 N–H and O–H groups in total. The normalized spacial score (nSPS) is 11.0. The number of oxazole rings is 1. The average Bonchev–Trinajstić information content (AvgIpc) is 3.46. The largest absolute Gasteiger partial charge is 0.417 e. The Kier molecular flexibility index (Phi) is 5.15. The Morgan fingerprint density at radius 3 is 2.79 bits per heavy atom. The molecule has 0 saturated heterocycles. The average molecular weight is 440 g/mol. The molecule has 0 fully saturated rings. The minimum atomic E-state index is -0.474. The summed E-state index contributed by atoms with van der Waals surface area (Å²) in [6.07, 6.45) is 6.66. The van der Waals surface area contributed by atoms with E-state index in [4.69, 9.17) is 4.42 Å². The van der Waals surface area contributed by atoms with Crippen LogP contribution in [0, 0.1) is 0 Å². The van der Waals surface area contributed by atoms with E-state index in [1.165, 1.54) is 0 Å². The fourth-order valence-corrected chi connectivity index (χ4v) is 3.40. The van der Waals surface area contributed by atoms with Crippen molar-refractivity contribution in [3.05, 3.63) is 101 Å². The Morgan fingerprint density at radius 2 is 1.94 bits per heavy atom. The van der Waals surface area contributed by atoms with Gasteiger partial charge in [-0.2, -0.15) is 5.10 Å². The van der Waals surface area contributed by atoms with Crippen LogP contribution in [0.2, 0.25) is 0 Å². The third-order valence-electron chi connectivity index (χ3n) is 5.07. The second-order valence-corrected chi connectivity index (χ2v) is 7.33. The summed E-state index contributed by atoms with van der Waals surface area (Å²) >= 11 is 0. The number of nitrogens with zero attached hydrogens (tertiary/aromatic N) is 5. The van der Waals surface area contributed by atoms with Gasteiger partial charge in [0.15, 0.2) is 11.2 Å². The Labute approximate surface area is 187 Å². The summed E-state index contributed by atoms with van der Waals surface area (Å²) in [5.74, 6) is -0.474. The molecule has 0 aliphatic heterocycles. The number of H-pyrrole nitrogens is 1. The first-order chi connectivity index (χ1) is 16.1. The van der Waals surface area contributed by atoms with Crippen LogP contribution in [0.15, 0.2) is 77.5 Å². The van der Waals surface area contributed by atoms with Crippen molar-refractivity contribution in [2.24, 2.45) is 0 Å². The second kappa shape index (κ2) is 8.42. The quantitative estimate of drug-likeness (QED) is 0.336. The summed E-state index contributed by atoms with van der Waals surface area (Å²) in [6, 6.07) is 9.19. The molecular formula is C23H20N8O2. The molecule has 0 atom stereocenters. The summed E-state index contributed by atoms with van der Waals surface area (Å²) < 4.78 is 6.76. The first-order valence-corrected chi connectivity index (χ1v) is 10.1. The van der Waals surface area contributed by atoms with Crippen molar-refractivity contribution in [1.82, 2.24) is 40.2 Å². The maximum Gasteiger partial charge on any atom is 0.417 e. The molecule has 164 valence electrons. The molecule has 4 heterocycles. The van der Waals surface area contributed by atoms with E-state index in [9.17, 15) is 4.79 Å². The molecule has 4 aromatic heterocycles. The van der Waals surface area contributed by atoms with E-state index in [1.54, 1.807) is 35.4 Å². The molecule has 5 aromatic rings. The lowest BCUT2D eigenvalue weighted by Gasteiger charge is -2.14. The minimum absolute atomic E-state index is 0.474. The summed E-state index contributed by atoms with van der Waals surface area (Å²) in [4.78, 5) is 27.0. The van der Waals surface area contributed by atoms with Gasteiger partial charge in [-0.25, -0.2) is 14.3 Å². The molecule has 0 spiro atoms. The van der Waals surface area contributed by atoms with Gasteiger partial charge >= 0.3 is 5.76 Å². The molecule has 1 aromatic carbocycles. The molecule has 33 heavy (non-hydrogen) atoms. The van der Waals surface area contributed by atoms with Crippen molar-refractivity contribution in [3.63, 3.8) is 0 Å². The fraction of sp³-hybridized carbons (Fsp3) is 0.0870. The van der Waals surface area contributed by atoms with Crippen LogP contribution in [0.4, 0.5) is 0 Å². The standard InChI is InChI=1S/C23H20N8O2/c1-14(26-11-16-3-4-21-19(9-16)30-23(32)33-21)18-10-20(31-22(29-18)5-6-28-31)15(2)27-13-17-12-24-7-8-25-17/h3-10,12,26-27H,1-2,11,13H2,(H,30,32). The zero-order chi connectivity index (χ0) is 22.8. The van der Waals surface area contributed by atoms with E-state index >= 15 is 0 Å². The highest BCUT2D eigenvalue weighted by atomic mass is 16.4. The summed E-state index contributed by atoms with van der Waals surface area (Å²) in [7, 11) is 0. The number of hydrogen-bond acceptors (Lipinski definition) is 8. The highest BCUT2D eigenvalue weighted by molar-refractivity contribution is 5.73. The van der Waals surface area contributed by atoms with Gasteiger partial charge in [0.25, 0.3) is 0 Å². The lowest BCUT2D eigenvalue weighted by Crippen LogP contribution is -2.17. The van der Waals surface area contributed by atoms with Gasteiger partial charge < -0.3 is 15.1 Å². The van der Waals surface area contributed by atoms with Gasteiger partial charge in [-0.3, -0.25) is 15.0 Å². The highest BCUT2D eigenvalue weighted by Gasteiger charge is 2.12. The molecule has 0 radical (unpaired) electrons. The van der Waals surface area contributed by atoms with E-state index in [2.05, 4.69) is 48.8 Å².